The lowest BCUT2D eigenvalue weighted by Gasteiger charge is -2.25. The summed E-state index contributed by atoms with van der Waals surface area (Å²) in [6, 6.07) is 1.86. The number of esters is 1. The molecular weight excluding hydrogens is 232 g/mol. The zero-order valence-corrected chi connectivity index (χ0v) is 10.2. The van der Waals surface area contributed by atoms with Crippen molar-refractivity contribution in [2.24, 2.45) is 10.9 Å². The molecule has 18 heavy (non-hydrogen) atoms. The Morgan fingerprint density at radius 2 is 2.22 bits per heavy atom. The summed E-state index contributed by atoms with van der Waals surface area (Å²) in [5, 5.41) is 9.06. The molecule has 1 unspecified atom stereocenters. The minimum atomic E-state index is -1.10. The summed E-state index contributed by atoms with van der Waals surface area (Å²) in [6.07, 6.45) is 3.30. The fraction of sp³-hybridized carbons (Fsp3) is 0.538. The van der Waals surface area contributed by atoms with E-state index in [1.54, 1.807) is 6.92 Å². The average molecular weight is 246 g/mol. The first-order valence-electron chi connectivity index (χ1n) is 6.10. The number of carbonyl (C=O) groups is 2. The first-order valence-corrected chi connectivity index (χ1v) is 6.10. The summed E-state index contributed by atoms with van der Waals surface area (Å²) >= 11 is 0. The lowest BCUT2D eigenvalue weighted by Crippen LogP contribution is -2.31. The number of allylic oxidation sites excluding steroid dienone is 1. The lowest BCUT2D eigenvalue weighted by atomic mass is 9.82. The second kappa shape index (κ2) is 5.13. The van der Waals surface area contributed by atoms with E-state index < -0.39 is 17.8 Å². The molecule has 0 aromatic carbocycles. The number of ether oxygens (including phenoxy) is 1. The molecule has 5 nitrogen and oxygen atoms in total. The average Bonchev–Trinajstić information content (AvgIpc) is 2.37. The molecule has 1 amide bonds. The monoisotopic (exact) mass is 246 g/mol. The SMILES string of the molecule is CCOC(=O)C1=C2CCCCC2=NC(=O)C1C#N. The molecule has 2 aliphatic rings. The highest BCUT2D eigenvalue weighted by Crippen LogP contribution is 2.32. The second-order valence-electron chi connectivity index (χ2n) is 4.28. The number of rotatable bonds is 2. The Hall–Kier alpha value is -1.96. The zero-order valence-electron chi connectivity index (χ0n) is 10.2. The fourth-order valence-electron chi connectivity index (χ4n) is 2.37. The van der Waals surface area contributed by atoms with Gasteiger partial charge in [0.15, 0.2) is 5.92 Å². The van der Waals surface area contributed by atoms with Gasteiger partial charge in [0.05, 0.1) is 18.2 Å². The smallest absolute Gasteiger partial charge is 0.336 e. The van der Waals surface area contributed by atoms with Gasteiger partial charge in [-0.05, 0) is 38.2 Å². The van der Waals surface area contributed by atoms with Crippen LogP contribution >= 0.6 is 0 Å². The van der Waals surface area contributed by atoms with Crippen LogP contribution in [0.3, 0.4) is 0 Å². The van der Waals surface area contributed by atoms with Crippen LogP contribution in [0.5, 0.6) is 0 Å². The first-order chi connectivity index (χ1) is 8.69. The van der Waals surface area contributed by atoms with Crippen molar-refractivity contribution >= 4 is 17.6 Å². The van der Waals surface area contributed by atoms with Gasteiger partial charge in [-0.3, -0.25) is 4.79 Å². The fourth-order valence-corrected chi connectivity index (χ4v) is 2.37. The molecule has 1 heterocycles. The minimum Gasteiger partial charge on any atom is -0.463 e. The van der Waals surface area contributed by atoms with Crippen LogP contribution in [0.2, 0.25) is 0 Å². The van der Waals surface area contributed by atoms with Gasteiger partial charge < -0.3 is 4.74 Å². The number of nitrogens with zero attached hydrogens (tertiary/aromatic N) is 2. The summed E-state index contributed by atoms with van der Waals surface area (Å²) in [6.45, 7) is 1.93. The normalized spacial score (nSPS) is 23.0. The zero-order chi connectivity index (χ0) is 13.1. The quantitative estimate of drug-likeness (QED) is 0.692. The second-order valence-corrected chi connectivity index (χ2v) is 4.28. The van der Waals surface area contributed by atoms with Gasteiger partial charge in [-0.15, -0.1) is 0 Å². The van der Waals surface area contributed by atoms with E-state index in [1.807, 2.05) is 6.07 Å². The summed E-state index contributed by atoms with van der Waals surface area (Å²) in [7, 11) is 0. The van der Waals surface area contributed by atoms with Gasteiger partial charge in [0.1, 0.15) is 0 Å². The maximum atomic E-state index is 11.9. The van der Waals surface area contributed by atoms with Crippen LogP contribution in [0.25, 0.3) is 0 Å². The number of hydrogen-bond donors (Lipinski definition) is 0. The largest absolute Gasteiger partial charge is 0.463 e. The highest BCUT2D eigenvalue weighted by molar-refractivity contribution is 6.17. The van der Waals surface area contributed by atoms with Crippen molar-refractivity contribution in [2.75, 3.05) is 6.61 Å². The Kier molecular flexibility index (Phi) is 3.56. The molecule has 1 aliphatic carbocycles. The van der Waals surface area contributed by atoms with Crippen molar-refractivity contribution in [3.8, 4) is 6.07 Å². The van der Waals surface area contributed by atoms with E-state index >= 15 is 0 Å². The van der Waals surface area contributed by atoms with Crippen LogP contribution in [0.1, 0.15) is 32.6 Å². The van der Waals surface area contributed by atoms with E-state index in [1.165, 1.54) is 0 Å². The van der Waals surface area contributed by atoms with Gasteiger partial charge >= 0.3 is 5.97 Å². The molecule has 1 aliphatic heterocycles. The van der Waals surface area contributed by atoms with Crippen molar-refractivity contribution < 1.29 is 14.3 Å². The molecule has 0 spiro atoms. The maximum absolute atomic E-state index is 11.9. The minimum absolute atomic E-state index is 0.217. The van der Waals surface area contributed by atoms with Crippen molar-refractivity contribution in [3.63, 3.8) is 0 Å². The Labute approximate surface area is 105 Å². The predicted molar refractivity (Wildman–Crippen MR) is 63.7 cm³/mol. The summed E-state index contributed by atoms with van der Waals surface area (Å²) < 4.78 is 4.96. The number of fused-ring (bicyclic) bond motifs is 1. The molecular formula is C13H14N2O3. The number of nitriles is 1. The van der Waals surface area contributed by atoms with E-state index in [4.69, 9.17) is 10.00 Å². The van der Waals surface area contributed by atoms with E-state index in [2.05, 4.69) is 4.99 Å². The summed E-state index contributed by atoms with van der Waals surface area (Å²) in [5.41, 5.74) is 1.64. The van der Waals surface area contributed by atoms with Crippen molar-refractivity contribution in [3.05, 3.63) is 11.1 Å². The number of carbonyl (C=O) groups excluding carboxylic acids is 2. The van der Waals surface area contributed by atoms with Gasteiger partial charge in [0.25, 0.3) is 5.91 Å². The van der Waals surface area contributed by atoms with Gasteiger partial charge in [-0.2, -0.15) is 5.26 Å². The molecule has 0 aromatic rings. The molecule has 2 rings (SSSR count). The topological polar surface area (TPSA) is 79.5 Å². The van der Waals surface area contributed by atoms with E-state index in [-0.39, 0.29) is 12.2 Å². The van der Waals surface area contributed by atoms with E-state index in [9.17, 15) is 9.59 Å². The Morgan fingerprint density at radius 1 is 1.50 bits per heavy atom. The Bertz CT molecular complexity index is 497. The molecule has 1 fully saturated rings. The third-order valence-electron chi connectivity index (χ3n) is 3.17. The number of dihydropyridines is 1. The highest BCUT2D eigenvalue weighted by atomic mass is 16.5. The predicted octanol–water partition coefficient (Wildman–Crippen LogP) is 1.54. The van der Waals surface area contributed by atoms with Gasteiger partial charge in [-0.1, -0.05) is 0 Å². The van der Waals surface area contributed by atoms with Crippen LogP contribution < -0.4 is 0 Å². The van der Waals surface area contributed by atoms with Crippen molar-refractivity contribution in [1.82, 2.24) is 0 Å². The molecule has 5 heteroatoms. The lowest BCUT2D eigenvalue weighted by molar-refractivity contribution is -0.140. The van der Waals surface area contributed by atoms with Crippen molar-refractivity contribution in [1.29, 1.82) is 5.26 Å². The third kappa shape index (κ3) is 2.06. The van der Waals surface area contributed by atoms with Gasteiger partial charge in [0, 0.05) is 5.71 Å². The molecule has 0 radical (unpaired) electrons. The van der Waals surface area contributed by atoms with Gasteiger partial charge in [-0.25, -0.2) is 9.79 Å². The Morgan fingerprint density at radius 3 is 2.89 bits per heavy atom. The third-order valence-corrected chi connectivity index (χ3v) is 3.17. The number of amides is 1. The molecule has 0 N–H and O–H groups in total. The van der Waals surface area contributed by atoms with Crippen LogP contribution in [-0.4, -0.2) is 24.2 Å². The van der Waals surface area contributed by atoms with Crippen molar-refractivity contribution in [2.45, 2.75) is 32.6 Å². The standard InChI is InChI=1S/C13H14N2O3/c1-2-18-13(17)11-8-5-3-4-6-10(8)15-12(16)9(11)7-14/h9H,2-6H2,1H3. The van der Waals surface area contributed by atoms with Crippen LogP contribution in [0.4, 0.5) is 0 Å². The van der Waals surface area contributed by atoms with E-state index in [0.717, 1.165) is 18.4 Å². The van der Waals surface area contributed by atoms with Crippen LogP contribution in [-0.2, 0) is 14.3 Å². The number of aliphatic imine (C=N–C) groups is 1. The van der Waals surface area contributed by atoms with Crippen LogP contribution in [0, 0.1) is 17.2 Å². The molecule has 0 bridgehead atoms. The summed E-state index contributed by atoms with van der Waals surface area (Å²) in [4.78, 5) is 27.6. The van der Waals surface area contributed by atoms with Gasteiger partial charge in [0.2, 0.25) is 0 Å². The van der Waals surface area contributed by atoms with Crippen LogP contribution in [0.15, 0.2) is 16.1 Å². The number of hydrogen-bond acceptors (Lipinski definition) is 4. The maximum Gasteiger partial charge on any atom is 0.336 e. The molecule has 0 aromatic heterocycles. The Balaban J connectivity index is 2.47. The highest BCUT2D eigenvalue weighted by Gasteiger charge is 2.37. The first kappa shape index (κ1) is 12.5. The van der Waals surface area contributed by atoms with E-state index in [0.29, 0.717) is 18.6 Å². The molecule has 0 saturated heterocycles. The molecule has 1 saturated carbocycles. The molecule has 94 valence electrons. The summed E-state index contributed by atoms with van der Waals surface area (Å²) in [5.74, 6) is -2.19. The molecule has 1 atom stereocenters.